The molecule has 1 unspecified atom stereocenters. The highest BCUT2D eigenvalue weighted by Gasteiger charge is 2.34. The number of amides is 1. The Morgan fingerprint density at radius 3 is 3.08 bits per heavy atom. The molecule has 2 aromatic rings. The molecule has 140 valence electrons. The van der Waals surface area contributed by atoms with Gasteiger partial charge in [-0.2, -0.15) is 5.10 Å². The molecule has 3 N–H and O–H groups in total. The summed E-state index contributed by atoms with van der Waals surface area (Å²) in [5.74, 6) is 0.368. The summed E-state index contributed by atoms with van der Waals surface area (Å²) in [7, 11) is 0. The lowest BCUT2D eigenvalue weighted by Crippen LogP contribution is -2.40. The average Bonchev–Trinajstić information content (AvgIpc) is 3.35. The zero-order valence-electron chi connectivity index (χ0n) is 15.0. The molecule has 0 aliphatic heterocycles. The minimum absolute atomic E-state index is 0.00453. The number of aliphatic hydroxyl groups is 1. The van der Waals surface area contributed by atoms with Crippen molar-refractivity contribution in [2.24, 2.45) is 5.92 Å². The van der Waals surface area contributed by atoms with E-state index in [-0.39, 0.29) is 11.9 Å². The number of hydrogen-bond donors (Lipinski definition) is 3. The van der Waals surface area contributed by atoms with E-state index in [9.17, 15) is 9.90 Å². The summed E-state index contributed by atoms with van der Waals surface area (Å²) >= 11 is 0. The van der Waals surface area contributed by atoms with Crippen molar-refractivity contribution < 1.29 is 9.90 Å². The van der Waals surface area contributed by atoms with E-state index in [1.165, 1.54) is 24.1 Å². The van der Waals surface area contributed by atoms with E-state index in [1.54, 1.807) is 12.5 Å². The number of aromatic nitrogens is 4. The molecule has 0 aromatic carbocycles. The van der Waals surface area contributed by atoms with Crippen molar-refractivity contribution in [3.63, 3.8) is 0 Å². The molecule has 0 radical (unpaired) electrons. The molecule has 3 atom stereocenters. The third-order valence-corrected chi connectivity index (χ3v) is 5.73. The summed E-state index contributed by atoms with van der Waals surface area (Å²) < 4.78 is 2.03. The van der Waals surface area contributed by atoms with Crippen LogP contribution in [0.15, 0.2) is 18.7 Å². The smallest absolute Gasteiger partial charge is 0.220 e. The SMILES string of the molecule is O=C(CCc1n[nH]c2c1CCCC2)N[C@@H]1CC(Cn2ccnc2)C[C@H]1O. The van der Waals surface area contributed by atoms with Crippen LogP contribution in [0.3, 0.4) is 0 Å². The maximum Gasteiger partial charge on any atom is 0.220 e. The number of imidazole rings is 1. The number of aromatic amines is 1. The van der Waals surface area contributed by atoms with Crippen LogP contribution in [0.25, 0.3) is 0 Å². The van der Waals surface area contributed by atoms with Gasteiger partial charge in [-0.1, -0.05) is 0 Å². The van der Waals surface area contributed by atoms with Crippen molar-refractivity contribution in [2.75, 3.05) is 0 Å². The lowest BCUT2D eigenvalue weighted by Gasteiger charge is -2.16. The number of H-pyrrole nitrogens is 1. The standard InChI is InChI=1S/C19H27N5O2/c25-18-10-13(11-24-8-7-20-12-24)9-17(18)21-19(26)6-5-16-14-3-1-2-4-15(14)22-23-16/h7-8,12-13,17-18,25H,1-6,9-11H2,(H,21,26)(H,22,23)/t13?,17-,18-/m1/s1. The number of nitrogens with zero attached hydrogens (tertiary/aromatic N) is 3. The van der Waals surface area contributed by atoms with Gasteiger partial charge in [0.1, 0.15) is 0 Å². The lowest BCUT2D eigenvalue weighted by atomic mass is 9.94. The van der Waals surface area contributed by atoms with E-state index < -0.39 is 6.10 Å². The normalized spacial score (nSPS) is 25.2. The minimum atomic E-state index is -0.467. The predicted molar refractivity (Wildman–Crippen MR) is 96.4 cm³/mol. The first-order valence-electron chi connectivity index (χ1n) is 9.67. The largest absolute Gasteiger partial charge is 0.391 e. The molecule has 1 amide bonds. The van der Waals surface area contributed by atoms with E-state index in [0.29, 0.717) is 18.8 Å². The Hall–Kier alpha value is -2.15. The fraction of sp³-hybridized carbons (Fsp3) is 0.632. The highest BCUT2D eigenvalue weighted by Crippen LogP contribution is 2.28. The van der Waals surface area contributed by atoms with Crippen molar-refractivity contribution in [1.82, 2.24) is 25.1 Å². The van der Waals surface area contributed by atoms with Gasteiger partial charge >= 0.3 is 0 Å². The fourth-order valence-corrected chi connectivity index (χ4v) is 4.38. The summed E-state index contributed by atoms with van der Waals surface area (Å²) in [5, 5.41) is 20.9. The van der Waals surface area contributed by atoms with E-state index in [0.717, 1.165) is 37.9 Å². The Morgan fingerprint density at radius 2 is 2.23 bits per heavy atom. The minimum Gasteiger partial charge on any atom is -0.391 e. The molecule has 26 heavy (non-hydrogen) atoms. The number of carbonyl (C=O) groups excluding carboxylic acids is 1. The summed E-state index contributed by atoms with van der Waals surface area (Å²) in [5.41, 5.74) is 3.62. The summed E-state index contributed by atoms with van der Waals surface area (Å²) in [6.07, 6.45) is 12.2. The zero-order valence-corrected chi connectivity index (χ0v) is 15.0. The van der Waals surface area contributed by atoms with Crippen LogP contribution in [0.1, 0.15) is 49.1 Å². The third kappa shape index (κ3) is 3.82. The van der Waals surface area contributed by atoms with Crippen LogP contribution in [0, 0.1) is 5.92 Å². The Kier molecular flexibility index (Phi) is 5.06. The number of nitrogens with one attached hydrogen (secondary N) is 2. The number of hydrogen-bond acceptors (Lipinski definition) is 4. The maximum absolute atomic E-state index is 12.4. The van der Waals surface area contributed by atoms with Gasteiger partial charge < -0.3 is 15.0 Å². The van der Waals surface area contributed by atoms with Crippen LogP contribution < -0.4 is 5.32 Å². The number of carbonyl (C=O) groups is 1. The molecule has 0 spiro atoms. The van der Waals surface area contributed by atoms with Crippen LogP contribution in [-0.4, -0.2) is 42.9 Å². The molecular weight excluding hydrogens is 330 g/mol. The first-order valence-corrected chi connectivity index (χ1v) is 9.67. The third-order valence-electron chi connectivity index (χ3n) is 5.73. The zero-order chi connectivity index (χ0) is 17.9. The Labute approximate surface area is 153 Å². The van der Waals surface area contributed by atoms with Crippen LogP contribution in [0.5, 0.6) is 0 Å². The molecule has 2 aliphatic carbocycles. The van der Waals surface area contributed by atoms with Crippen molar-refractivity contribution in [3.05, 3.63) is 35.7 Å². The average molecular weight is 357 g/mol. The quantitative estimate of drug-likeness (QED) is 0.728. The number of aryl methyl sites for hydroxylation is 2. The number of aliphatic hydroxyl groups excluding tert-OH is 1. The van der Waals surface area contributed by atoms with Crippen LogP contribution in [-0.2, 0) is 30.6 Å². The topological polar surface area (TPSA) is 95.8 Å². The molecule has 2 aromatic heterocycles. The molecule has 7 heteroatoms. The molecule has 0 saturated heterocycles. The van der Waals surface area contributed by atoms with Gasteiger partial charge in [0.25, 0.3) is 0 Å². The fourth-order valence-electron chi connectivity index (χ4n) is 4.38. The molecule has 2 heterocycles. The van der Waals surface area contributed by atoms with Crippen molar-refractivity contribution >= 4 is 5.91 Å². The molecule has 1 fully saturated rings. The molecular formula is C19H27N5O2. The second kappa shape index (κ2) is 7.61. The highest BCUT2D eigenvalue weighted by molar-refractivity contribution is 5.76. The first-order chi connectivity index (χ1) is 12.7. The van der Waals surface area contributed by atoms with Crippen molar-refractivity contribution in [1.29, 1.82) is 0 Å². The van der Waals surface area contributed by atoms with Gasteiger partial charge in [0, 0.05) is 37.5 Å². The molecule has 2 aliphatic rings. The predicted octanol–water partition coefficient (Wildman–Crippen LogP) is 1.37. The number of fused-ring (bicyclic) bond motifs is 1. The Morgan fingerprint density at radius 1 is 1.35 bits per heavy atom. The number of rotatable bonds is 6. The van der Waals surface area contributed by atoms with Crippen LogP contribution in [0.2, 0.25) is 0 Å². The van der Waals surface area contributed by atoms with Gasteiger partial charge in [0.15, 0.2) is 0 Å². The van der Waals surface area contributed by atoms with E-state index in [1.807, 2.05) is 10.8 Å². The second-order valence-corrected chi connectivity index (χ2v) is 7.67. The molecule has 7 nitrogen and oxygen atoms in total. The lowest BCUT2D eigenvalue weighted by molar-refractivity contribution is -0.122. The summed E-state index contributed by atoms with van der Waals surface area (Å²) in [4.78, 5) is 16.4. The van der Waals surface area contributed by atoms with Crippen molar-refractivity contribution in [3.8, 4) is 0 Å². The Bertz CT molecular complexity index is 739. The van der Waals surface area contributed by atoms with Gasteiger partial charge in [-0.15, -0.1) is 0 Å². The van der Waals surface area contributed by atoms with Gasteiger partial charge in [-0.05, 0) is 50.0 Å². The van der Waals surface area contributed by atoms with Crippen LogP contribution in [0.4, 0.5) is 0 Å². The molecule has 1 saturated carbocycles. The first kappa shape index (κ1) is 17.3. The molecule has 4 rings (SSSR count). The summed E-state index contributed by atoms with van der Waals surface area (Å²) in [6, 6.07) is -0.149. The Balaban J connectivity index is 1.26. The summed E-state index contributed by atoms with van der Waals surface area (Å²) in [6.45, 7) is 0.836. The molecule has 0 bridgehead atoms. The van der Waals surface area contributed by atoms with Gasteiger partial charge in [0.05, 0.1) is 24.2 Å². The second-order valence-electron chi connectivity index (χ2n) is 7.67. The maximum atomic E-state index is 12.4. The van der Waals surface area contributed by atoms with E-state index >= 15 is 0 Å². The monoisotopic (exact) mass is 357 g/mol. The van der Waals surface area contributed by atoms with Crippen LogP contribution >= 0.6 is 0 Å². The van der Waals surface area contributed by atoms with Gasteiger partial charge in [0.2, 0.25) is 5.91 Å². The van der Waals surface area contributed by atoms with Crippen molar-refractivity contribution in [2.45, 2.75) is 70.1 Å². The van der Waals surface area contributed by atoms with Gasteiger partial charge in [-0.3, -0.25) is 9.89 Å². The highest BCUT2D eigenvalue weighted by atomic mass is 16.3. The van der Waals surface area contributed by atoms with E-state index in [4.69, 9.17) is 0 Å². The van der Waals surface area contributed by atoms with Gasteiger partial charge in [-0.25, -0.2) is 4.98 Å². The van der Waals surface area contributed by atoms with E-state index in [2.05, 4.69) is 20.5 Å².